The van der Waals surface area contributed by atoms with Crippen molar-refractivity contribution in [3.63, 3.8) is 0 Å². The second-order valence-corrected chi connectivity index (χ2v) is 4.65. The van der Waals surface area contributed by atoms with Gasteiger partial charge in [-0.2, -0.15) is 0 Å². The van der Waals surface area contributed by atoms with Crippen LogP contribution in [0.3, 0.4) is 0 Å². The first kappa shape index (κ1) is 28.3. The second kappa shape index (κ2) is 15.1. The van der Waals surface area contributed by atoms with Crippen molar-refractivity contribution in [1.29, 1.82) is 0 Å². The summed E-state index contributed by atoms with van der Waals surface area (Å²) in [5, 5.41) is 29.5. The molecule has 0 spiro atoms. The Labute approximate surface area is 179 Å². The van der Waals surface area contributed by atoms with Gasteiger partial charge in [0.25, 0.3) is 0 Å². The van der Waals surface area contributed by atoms with Crippen molar-refractivity contribution in [1.82, 2.24) is 15.0 Å². The van der Waals surface area contributed by atoms with Crippen LogP contribution in [0.15, 0.2) is 60.9 Å². The first-order valence-corrected chi connectivity index (χ1v) is 7.35. The van der Waals surface area contributed by atoms with Crippen LogP contribution in [0.1, 0.15) is 0 Å². The number of rotatable bonds is 3. The van der Waals surface area contributed by atoms with Gasteiger partial charge in [0.1, 0.15) is 5.75 Å². The van der Waals surface area contributed by atoms with Crippen LogP contribution in [0, 0.1) is 30.6 Å². The van der Waals surface area contributed by atoms with E-state index in [1.54, 1.807) is 19.5 Å². The molecule has 0 unspecified atom stereocenters. The van der Waals surface area contributed by atoms with Gasteiger partial charge in [-0.1, -0.05) is 12.1 Å². The molecule has 13 nitrogen and oxygen atoms in total. The zero-order valence-electron chi connectivity index (χ0n) is 15.3. The Kier molecular flexibility index (Phi) is 14.2. The topological polar surface area (TPSA) is 213 Å². The summed E-state index contributed by atoms with van der Waals surface area (Å²) in [4.78, 5) is 29.8. The van der Waals surface area contributed by atoms with Crippen molar-refractivity contribution in [3.05, 3.63) is 91.6 Å². The van der Waals surface area contributed by atoms with Crippen LogP contribution >= 0.6 is 0 Å². The van der Waals surface area contributed by atoms with Crippen molar-refractivity contribution in [3.8, 4) is 28.5 Å². The molecule has 3 N–H and O–H groups in total. The molecule has 3 rings (SSSR count). The van der Waals surface area contributed by atoms with Gasteiger partial charge in [0.15, 0.2) is 0 Å². The monoisotopic (exact) mass is 465 g/mol. The van der Waals surface area contributed by atoms with E-state index in [0.29, 0.717) is 0 Å². The number of methoxy groups -OCH3 is 1. The van der Waals surface area contributed by atoms with E-state index in [9.17, 15) is 0 Å². The first-order valence-electron chi connectivity index (χ1n) is 7.35. The molecule has 0 atom stereocenters. The standard InChI is InChI=1S/C16H13N3O.Co.2NO3.H2O/c1-20-12-10-15(13-6-2-4-8-17-13)19-16(11-12)14-7-3-5-9-18-14;;2*2-1(3)4;/h2-11H,1H3;;;;1H2/q;+2;2*-1;/p+1. The molecule has 14 heteroatoms. The molecule has 0 aliphatic heterocycles. The number of ether oxygens (including phenoxy) is 1. The molecular formula is C16H16CoN5O8+. The summed E-state index contributed by atoms with van der Waals surface area (Å²) in [5.41, 5.74) is 3.16. The third kappa shape index (κ3) is 11.1. The van der Waals surface area contributed by atoms with E-state index < -0.39 is 10.2 Å². The summed E-state index contributed by atoms with van der Waals surface area (Å²) in [5.74, 6) is 0.737. The molecular weight excluding hydrogens is 449 g/mol. The molecule has 1 radical (unpaired) electrons. The number of hydrogen-bond donors (Lipinski definition) is 0. The molecule has 0 aliphatic carbocycles. The predicted molar refractivity (Wildman–Crippen MR) is 103 cm³/mol. The Balaban J connectivity index is 0. The minimum absolute atomic E-state index is 0. The van der Waals surface area contributed by atoms with Crippen LogP contribution in [-0.2, 0) is 22.3 Å². The summed E-state index contributed by atoms with van der Waals surface area (Å²) in [7, 11) is 1.64. The van der Waals surface area contributed by atoms with Crippen molar-refractivity contribution in [2.75, 3.05) is 7.11 Å². The summed E-state index contributed by atoms with van der Waals surface area (Å²) in [6.07, 6.45) is 3.49. The fourth-order valence-electron chi connectivity index (χ4n) is 1.91. The largest absolute Gasteiger partial charge is 2.00 e. The van der Waals surface area contributed by atoms with E-state index in [2.05, 4.69) is 15.0 Å². The fraction of sp³-hybridized carbons (Fsp3) is 0.0625. The van der Waals surface area contributed by atoms with E-state index in [-0.39, 0.29) is 22.3 Å². The maximum atomic E-state index is 8.25. The van der Waals surface area contributed by atoms with Crippen molar-refractivity contribution in [2.45, 2.75) is 0 Å². The first-order chi connectivity index (χ1) is 13.3. The second-order valence-electron chi connectivity index (χ2n) is 4.65. The van der Waals surface area contributed by atoms with Crippen LogP contribution < -0.4 is 4.74 Å². The Morgan fingerprint density at radius 3 is 1.40 bits per heavy atom. The number of nitrogens with zero attached hydrogens (tertiary/aromatic N) is 5. The molecule has 0 fully saturated rings. The van der Waals surface area contributed by atoms with Gasteiger partial charge < -0.3 is 40.9 Å². The van der Waals surface area contributed by atoms with E-state index >= 15 is 0 Å². The van der Waals surface area contributed by atoms with Gasteiger partial charge >= 0.3 is 16.8 Å². The van der Waals surface area contributed by atoms with Crippen molar-refractivity contribution in [2.24, 2.45) is 0 Å². The molecule has 30 heavy (non-hydrogen) atoms. The number of pyridine rings is 3. The van der Waals surface area contributed by atoms with Crippen LogP contribution in [0.2, 0.25) is 0 Å². The summed E-state index contributed by atoms with van der Waals surface area (Å²) in [6.45, 7) is 0. The van der Waals surface area contributed by atoms with Gasteiger partial charge in [0, 0.05) is 24.5 Å². The molecule has 0 aromatic carbocycles. The quantitative estimate of drug-likeness (QED) is 0.310. The van der Waals surface area contributed by atoms with Gasteiger partial charge in [-0.3, -0.25) is 9.97 Å². The van der Waals surface area contributed by atoms with Crippen LogP contribution in [0.5, 0.6) is 5.75 Å². The van der Waals surface area contributed by atoms with Gasteiger partial charge in [-0.25, -0.2) is 4.98 Å². The average molecular weight is 465 g/mol. The van der Waals surface area contributed by atoms with E-state index in [1.165, 1.54) is 0 Å². The third-order valence-electron chi connectivity index (χ3n) is 2.89. The van der Waals surface area contributed by atoms with Crippen LogP contribution in [0.4, 0.5) is 0 Å². The maximum Gasteiger partial charge on any atom is 2.00 e. The minimum atomic E-state index is -1.75. The Morgan fingerprint density at radius 2 is 1.13 bits per heavy atom. The maximum absolute atomic E-state index is 8.25. The molecule has 0 saturated heterocycles. The summed E-state index contributed by atoms with van der Waals surface area (Å²) < 4.78 is 5.34. The Morgan fingerprint density at radius 1 is 0.767 bits per heavy atom. The number of aromatic nitrogens is 3. The fourth-order valence-corrected chi connectivity index (χ4v) is 1.91. The molecule has 0 bridgehead atoms. The van der Waals surface area contributed by atoms with Gasteiger partial charge in [0.05, 0.1) is 40.1 Å². The third-order valence-corrected chi connectivity index (χ3v) is 2.89. The molecule has 3 aromatic rings. The van der Waals surface area contributed by atoms with Gasteiger partial charge in [-0.05, 0) is 24.3 Å². The van der Waals surface area contributed by atoms with Crippen molar-refractivity contribution >= 4 is 0 Å². The normalized spacial score (nSPS) is 8.43. The Hall–Kier alpha value is -3.88. The van der Waals surface area contributed by atoms with E-state index in [0.717, 1.165) is 28.5 Å². The summed E-state index contributed by atoms with van der Waals surface area (Å²) >= 11 is 0. The SMILES string of the molecule is COc1cc(-c2ccccn2)nc(-c2ccccn2)c1.O=[N+]([O-])[O-].O=[N+]([O-])[O-].[Co+2].[OH3+]. The molecule has 161 valence electrons. The molecule has 3 heterocycles. The predicted octanol–water partition coefficient (Wildman–Crippen LogP) is 1.81. The zero-order chi connectivity index (χ0) is 20.9. The van der Waals surface area contributed by atoms with Crippen LogP contribution in [0.25, 0.3) is 22.8 Å². The minimum Gasteiger partial charge on any atom is -0.497 e. The van der Waals surface area contributed by atoms with Crippen LogP contribution in [-0.4, -0.2) is 32.2 Å². The average Bonchev–Trinajstić information content (AvgIpc) is 2.68. The van der Waals surface area contributed by atoms with Gasteiger partial charge in [-0.15, -0.1) is 0 Å². The van der Waals surface area contributed by atoms with Crippen molar-refractivity contribution < 1.29 is 37.2 Å². The smallest absolute Gasteiger partial charge is 0.497 e. The Bertz CT molecular complexity index is 825. The van der Waals surface area contributed by atoms with Gasteiger partial charge in [0.2, 0.25) is 0 Å². The molecule has 3 aromatic heterocycles. The van der Waals surface area contributed by atoms with E-state index in [1.807, 2.05) is 48.5 Å². The zero-order valence-corrected chi connectivity index (χ0v) is 16.3. The summed E-state index contributed by atoms with van der Waals surface area (Å²) in [6, 6.07) is 15.2. The molecule has 0 amide bonds. The van der Waals surface area contributed by atoms with E-state index in [4.69, 9.17) is 35.4 Å². The molecule has 0 aliphatic rings. The molecule has 0 saturated carbocycles. The number of hydrogen-bond acceptors (Lipinski definition) is 10.